The number of hydrogen-bond acceptors (Lipinski definition) is 2. The van der Waals surface area contributed by atoms with Crippen molar-refractivity contribution in [1.29, 1.82) is 0 Å². The van der Waals surface area contributed by atoms with Gasteiger partial charge in [-0.25, -0.2) is 0 Å². The molecule has 1 atom stereocenters. The molecule has 0 spiro atoms. The lowest BCUT2D eigenvalue weighted by atomic mass is 9.78. The molecular formula is C11H16O2. The van der Waals surface area contributed by atoms with Gasteiger partial charge in [-0.05, 0) is 18.6 Å². The largest absolute Gasteiger partial charge is 0.373 e. The maximum Gasteiger partial charge on any atom is 0.146 e. The summed E-state index contributed by atoms with van der Waals surface area (Å²) in [5.74, 6) is 0. The van der Waals surface area contributed by atoms with Crippen LogP contribution in [0.5, 0.6) is 0 Å². The second kappa shape index (κ2) is 3.46. The van der Waals surface area contributed by atoms with E-state index < -0.39 is 0 Å². The van der Waals surface area contributed by atoms with Crippen LogP contribution in [-0.2, 0) is 9.53 Å². The molecule has 0 radical (unpaired) electrons. The summed E-state index contributed by atoms with van der Waals surface area (Å²) in [4.78, 5) is 10.8. The first-order valence-corrected chi connectivity index (χ1v) is 4.41. The van der Waals surface area contributed by atoms with Gasteiger partial charge in [0.25, 0.3) is 0 Å². The van der Waals surface area contributed by atoms with Gasteiger partial charge < -0.3 is 4.74 Å². The van der Waals surface area contributed by atoms with E-state index >= 15 is 0 Å². The number of ether oxygens (including phenoxy) is 1. The van der Waals surface area contributed by atoms with Crippen molar-refractivity contribution in [3.8, 4) is 0 Å². The quantitative estimate of drug-likeness (QED) is 0.480. The molecule has 1 aliphatic carbocycles. The smallest absolute Gasteiger partial charge is 0.146 e. The molecule has 13 heavy (non-hydrogen) atoms. The van der Waals surface area contributed by atoms with E-state index in [9.17, 15) is 4.79 Å². The van der Waals surface area contributed by atoms with Crippen molar-refractivity contribution < 1.29 is 9.53 Å². The molecule has 0 aliphatic heterocycles. The van der Waals surface area contributed by atoms with Crippen molar-refractivity contribution in [1.82, 2.24) is 0 Å². The van der Waals surface area contributed by atoms with Crippen LogP contribution in [0.4, 0.5) is 0 Å². The highest BCUT2D eigenvalue weighted by atomic mass is 16.5. The average Bonchev–Trinajstić information content (AvgIpc) is 2.03. The van der Waals surface area contributed by atoms with Crippen molar-refractivity contribution in [2.75, 3.05) is 7.11 Å². The molecule has 0 aromatic heterocycles. The van der Waals surface area contributed by atoms with Gasteiger partial charge in [-0.15, -0.1) is 0 Å². The van der Waals surface area contributed by atoms with Crippen LogP contribution in [-0.4, -0.2) is 19.5 Å². The van der Waals surface area contributed by atoms with E-state index in [0.29, 0.717) is 0 Å². The Kier molecular flexibility index (Phi) is 2.71. The summed E-state index contributed by atoms with van der Waals surface area (Å²) in [5, 5.41) is 0. The Balaban J connectivity index is 3.04. The summed E-state index contributed by atoms with van der Waals surface area (Å²) in [7, 11) is 1.65. The van der Waals surface area contributed by atoms with Crippen LogP contribution in [0, 0.1) is 5.41 Å². The standard InChI is InChI=1S/C11H16O2/c1-8-6-11(2,3)9(7-12)5-10(8)13-4/h5-7,10H,1-4H3/t10-/m0/s1. The lowest BCUT2D eigenvalue weighted by Gasteiger charge is -2.29. The van der Waals surface area contributed by atoms with Gasteiger partial charge in [0.15, 0.2) is 0 Å². The second-order valence-electron chi connectivity index (χ2n) is 4.01. The van der Waals surface area contributed by atoms with E-state index in [1.807, 2.05) is 26.8 Å². The van der Waals surface area contributed by atoms with Crippen molar-refractivity contribution in [2.45, 2.75) is 26.9 Å². The number of rotatable bonds is 2. The molecule has 0 amide bonds. The van der Waals surface area contributed by atoms with Gasteiger partial charge in [0, 0.05) is 18.1 Å². The van der Waals surface area contributed by atoms with E-state index in [1.165, 1.54) is 0 Å². The van der Waals surface area contributed by atoms with Crippen LogP contribution in [0.3, 0.4) is 0 Å². The average molecular weight is 180 g/mol. The van der Waals surface area contributed by atoms with E-state index in [1.54, 1.807) is 7.11 Å². The van der Waals surface area contributed by atoms with E-state index in [0.717, 1.165) is 17.4 Å². The monoisotopic (exact) mass is 180 g/mol. The maximum atomic E-state index is 10.8. The topological polar surface area (TPSA) is 26.3 Å². The molecule has 0 bridgehead atoms. The number of allylic oxidation sites excluding steroid dienone is 2. The third kappa shape index (κ3) is 1.89. The highest BCUT2D eigenvalue weighted by Crippen LogP contribution is 2.33. The molecule has 72 valence electrons. The number of carbonyl (C=O) groups excluding carboxylic acids is 1. The Labute approximate surface area is 79.3 Å². The molecule has 1 aliphatic rings. The number of carbonyl (C=O) groups is 1. The third-order valence-corrected chi connectivity index (χ3v) is 2.49. The molecule has 1 rings (SSSR count). The van der Waals surface area contributed by atoms with Crippen LogP contribution in [0.15, 0.2) is 23.3 Å². The first kappa shape index (κ1) is 10.2. The van der Waals surface area contributed by atoms with Gasteiger partial charge in [-0.3, -0.25) is 4.79 Å². The van der Waals surface area contributed by atoms with Crippen LogP contribution in [0.2, 0.25) is 0 Å². The van der Waals surface area contributed by atoms with Gasteiger partial charge in [0.1, 0.15) is 6.29 Å². The zero-order valence-electron chi connectivity index (χ0n) is 8.63. The van der Waals surface area contributed by atoms with Crippen molar-refractivity contribution >= 4 is 6.29 Å². The summed E-state index contributed by atoms with van der Waals surface area (Å²) in [6.45, 7) is 6.08. The fourth-order valence-corrected chi connectivity index (χ4v) is 1.69. The van der Waals surface area contributed by atoms with Gasteiger partial charge in [-0.2, -0.15) is 0 Å². The Morgan fingerprint density at radius 3 is 2.62 bits per heavy atom. The number of hydrogen-bond donors (Lipinski definition) is 0. The fourth-order valence-electron chi connectivity index (χ4n) is 1.69. The lowest BCUT2D eigenvalue weighted by molar-refractivity contribution is -0.105. The third-order valence-electron chi connectivity index (χ3n) is 2.49. The molecule has 0 fully saturated rings. The van der Waals surface area contributed by atoms with E-state index in [4.69, 9.17) is 4.74 Å². The lowest BCUT2D eigenvalue weighted by Crippen LogP contribution is -2.24. The Hall–Kier alpha value is -0.890. The zero-order chi connectivity index (χ0) is 10.1. The Morgan fingerprint density at radius 2 is 2.15 bits per heavy atom. The minimum Gasteiger partial charge on any atom is -0.373 e. The highest BCUT2D eigenvalue weighted by Gasteiger charge is 2.27. The Morgan fingerprint density at radius 1 is 1.54 bits per heavy atom. The van der Waals surface area contributed by atoms with Crippen LogP contribution in [0.1, 0.15) is 20.8 Å². The normalized spacial score (nSPS) is 26.3. The molecule has 0 aromatic carbocycles. The molecule has 2 nitrogen and oxygen atoms in total. The number of methoxy groups -OCH3 is 1. The van der Waals surface area contributed by atoms with Gasteiger partial charge in [0.05, 0.1) is 6.10 Å². The summed E-state index contributed by atoms with van der Waals surface area (Å²) < 4.78 is 5.23. The van der Waals surface area contributed by atoms with Crippen molar-refractivity contribution in [2.24, 2.45) is 5.41 Å². The summed E-state index contributed by atoms with van der Waals surface area (Å²) in [6, 6.07) is 0. The van der Waals surface area contributed by atoms with Crippen LogP contribution >= 0.6 is 0 Å². The van der Waals surface area contributed by atoms with E-state index in [-0.39, 0.29) is 11.5 Å². The molecule has 2 heteroatoms. The molecule has 0 saturated carbocycles. The Bertz CT molecular complexity index is 272. The molecule has 0 heterocycles. The van der Waals surface area contributed by atoms with Gasteiger partial charge in [0.2, 0.25) is 0 Å². The molecule has 0 unspecified atom stereocenters. The number of aldehydes is 1. The van der Waals surface area contributed by atoms with E-state index in [2.05, 4.69) is 6.08 Å². The van der Waals surface area contributed by atoms with Crippen LogP contribution < -0.4 is 0 Å². The summed E-state index contributed by atoms with van der Waals surface area (Å²) >= 11 is 0. The molecule has 0 saturated heterocycles. The minimum atomic E-state index is -0.152. The first-order valence-electron chi connectivity index (χ1n) is 4.41. The SMILES string of the molecule is CO[C@H]1C=C(C=O)C(C)(C)C=C1C. The minimum absolute atomic E-state index is 0.0341. The second-order valence-corrected chi connectivity index (χ2v) is 4.01. The summed E-state index contributed by atoms with van der Waals surface area (Å²) in [6.07, 6.45) is 4.86. The van der Waals surface area contributed by atoms with Gasteiger partial charge >= 0.3 is 0 Å². The molecule has 0 aromatic rings. The predicted molar refractivity (Wildman–Crippen MR) is 52.5 cm³/mol. The van der Waals surface area contributed by atoms with Crippen molar-refractivity contribution in [3.63, 3.8) is 0 Å². The van der Waals surface area contributed by atoms with Crippen LogP contribution in [0.25, 0.3) is 0 Å². The van der Waals surface area contributed by atoms with Crippen molar-refractivity contribution in [3.05, 3.63) is 23.3 Å². The molecular weight excluding hydrogens is 164 g/mol. The first-order chi connectivity index (χ1) is 6.01. The molecule has 0 N–H and O–H groups in total. The fraction of sp³-hybridized carbons (Fsp3) is 0.545. The predicted octanol–water partition coefficient (Wildman–Crippen LogP) is 2.11. The summed E-state index contributed by atoms with van der Waals surface area (Å²) in [5.41, 5.74) is 1.81. The van der Waals surface area contributed by atoms with Gasteiger partial charge in [-0.1, -0.05) is 19.9 Å². The maximum absolute atomic E-state index is 10.8. The zero-order valence-corrected chi connectivity index (χ0v) is 8.63. The highest BCUT2D eigenvalue weighted by molar-refractivity contribution is 5.77.